The minimum atomic E-state index is -0.287. The number of fused-ring (bicyclic) bond motifs is 1. The lowest BCUT2D eigenvalue weighted by molar-refractivity contribution is 0.102. The summed E-state index contributed by atoms with van der Waals surface area (Å²) in [6.07, 6.45) is 10.7. The fraction of sp³-hybridized carbons (Fsp3) is 0.357. The van der Waals surface area contributed by atoms with E-state index in [4.69, 9.17) is 15.5 Å². The first kappa shape index (κ1) is 24.7. The zero-order valence-electron chi connectivity index (χ0n) is 21.6. The van der Waals surface area contributed by atoms with Crippen LogP contribution in [0.15, 0.2) is 48.9 Å². The van der Waals surface area contributed by atoms with Gasteiger partial charge in [-0.2, -0.15) is 0 Å². The van der Waals surface area contributed by atoms with Crippen LogP contribution >= 0.6 is 0 Å². The van der Waals surface area contributed by atoms with Crippen molar-refractivity contribution in [2.75, 3.05) is 31.8 Å². The number of amides is 1. The van der Waals surface area contributed by atoms with E-state index in [-0.39, 0.29) is 11.9 Å². The Bertz CT molecular complexity index is 1430. The van der Waals surface area contributed by atoms with Crippen LogP contribution in [0.2, 0.25) is 0 Å². The number of carbonyl (C=O) groups excluding carboxylic acids is 1. The Morgan fingerprint density at radius 1 is 1.19 bits per heavy atom. The lowest BCUT2D eigenvalue weighted by atomic mass is 10.0. The van der Waals surface area contributed by atoms with Gasteiger partial charge < -0.3 is 15.8 Å². The van der Waals surface area contributed by atoms with E-state index in [1.54, 1.807) is 25.6 Å². The van der Waals surface area contributed by atoms with Gasteiger partial charge in [-0.1, -0.05) is 25.8 Å². The Morgan fingerprint density at radius 3 is 2.84 bits per heavy atom. The first-order valence-corrected chi connectivity index (χ1v) is 12.8. The predicted octanol–water partition coefficient (Wildman–Crippen LogP) is 4.74. The van der Waals surface area contributed by atoms with Gasteiger partial charge in [0.1, 0.15) is 34.4 Å². The molecular formula is C28H33N7O2. The van der Waals surface area contributed by atoms with Crippen LogP contribution in [-0.4, -0.2) is 50.9 Å². The summed E-state index contributed by atoms with van der Waals surface area (Å²) in [5, 5.41) is 2.90. The molecular weight excluding hydrogens is 466 g/mol. The maximum Gasteiger partial charge on any atom is 0.260 e. The number of nitrogens with zero attached hydrogens (tertiary/aromatic N) is 5. The van der Waals surface area contributed by atoms with Crippen LogP contribution in [0.5, 0.6) is 5.75 Å². The van der Waals surface area contributed by atoms with Crippen LogP contribution < -0.4 is 15.8 Å². The summed E-state index contributed by atoms with van der Waals surface area (Å²) >= 11 is 0. The van der Waals surface area contributed by atoms with Gasteiger partial charge >= 0.3 is 0 Å². The van der Waals surface area contributed by atoms with E-state index in [0.717, 1.165) is 60.4 Å². The summed E-state index contributed by atoms with van der Waals surface area (Å²) in [5.74, 6) is 2.03. The van der Waals surface area contributed by atoms with Gasteiger partial charge in [-0.3, -0.25) is 14.1 Å². The van der Waals surface area contributed by atoms with Gasteiger partial charge in [-0.15, -0.1) is 0 Å². The van der Waals surface area contributed by atoms with Gasteiger partial charge in [0.05, 0.1) is 18.7 Å². The number of piperidine rings is 1. The molecule has 9 nitrogen and oxygen atoms in total. The number of nitrogens with two attached hydrogens (primary N) is 1. The average molecular weight is 500 g/mol. The van der Waals surface area contributed by atoms with Crippen molar-refractivity contribution in [1.82, 2.24) is 24.3 Å². The largest absolute Gasteiger partial charge is 0.496 e. The molecule has 0 spiro atoms. The minimum Gasteiger partial charge on any atom is -0.496 e. The minimum absolute atomic E-state index is 0.194. The molecule has 4 aromatic rings. The van der Waals surface area contributed by atoms with E-state index in [0.29, 0.717) is 22.9 Å². The molecule has 3 aromatic heterocycles. The molecule has 1 aliphatic rings. The molecule has 5 rings (SSSR count). The van der Waals surface area contributed by atoms with Gasteiger partial charge in [-0.25, -0.2) is 15.0 Å². The number of hydrogen-bond donors (Lipinski definition) is 2. The number of aryl methyl sites for hydroxylation is 1. The number of nitrogen functional groups attached to an aromatic ring is 1. The van der Waals surface area contributed by atoms with Crippen LogP contribution in [-0.2, 0) is 6.42 Å². The van der Waals surface area contributed by atoms with Crippen molar-refractivity contribution < 1.29 is 9.53 Å². The molecule has 37 heavy (non-hydrogen) atoms. The highest BCUT2D eigenvalue weighted by Crippen LogP contribution is 2.36. The van der Waals surface area contributed by atoms with Gasteiger partial charge in [0, 0.05) is 24.2 Å². The zero-order chi connectivity index (χ0) is 25.9. The van der Waals surface area contributed by atoms with Crippen LogP contribution in [0.3, 0.4) is 0 Å². The summed E-state index contributed by atoms with van der Waals surface area (Å²) < 4.78 is 7.69. The second-order valence-corrected chi connectivity index (χ2v) is 9.51. The molecule has 1 amide bonds. The Labute approximate surface area is 216 Å². The fourth-order valence-electron chi connectivity index (χ4n) is 5.12. The normalized spacial score (nSPS) is 16.1. The first-order chi connectivity index (χ1) is 18.0. The zero-order valence-corrected chi connectivity index (χ0v) is 21.6. The van der Waals surface area contributed by atoms with E-state index in [2.05, 4.69) is 34.2 Å². The van der Waals surface area contributed by atoms with E-state index in [1.165, 1.54) is 6.42 Å². The number of aromatic nitrogens is 4. The molecule has 0 unspecified atom stereocenters. The van der Waals surface area contributed by atoms with E-state index in [9.17, 15) is 4.79 Å². The Balaban J connectivity index is 1.51. The van der Waals surface area contributed by atoms with Crippen molar-refractivity contribution in [1.29, 1.82) is 0 Å². The topological polar surface area (TPSA) is 111 Å². The molecule has 192 valence electrons. The quantitative estimate of drug-likeness (QED) is 0.378. The number of rotatable bonds is 7. The second kappa shape index (κ2) is 10.6. The number of carbonyl (C=O) groups is 1. The Morgan fingerprint density at radius 2 is 2.05 bits per heavy atom. The van der Waals surface area contributed by atoms with Gasteiger partial charge in [0.15, 0.2) is 0 Å². The summed E-state index contributed by atoms with van der Waals surface area (Å²) in [7, 11) is 3.69. The number of likely N-dealkylation sites (tertiary alicyclic amines) is 1. The van der Waals surface area contributed by atoms with Crippen LogP contribution in [0.4, 0.5) is 11.6 Å². The molecule has 1 atom stereocenters. The maximum atomic E-state index is 13.1. The fourth-order valence-corrected chi connectivity index (χ4v) is 5.12. The highest BCUT2D eigenvalue weighted by Gasteiger charge is 2.28. The van der Waals surface area contributed by atoms with E-state index < -0.39 is 0 Å². The molecule has 4 heterocycles. The molecule has 0 aliphatic carbocycles. The molecule has 0 bridgehead atoms. The predicted molar refractivity (Wildman–Crippen MR) is 145 cm³/mol. The third-order valence-electron chi connectivity index (χ3n) is 7.00. The second-order valence-electron chi connectivity index (χ2n) is 9.51. The standard InChI is InChI=1S/C28H33N7O2/c1-4-7-18-11-12-30-23(16-18)32-28(36)20-10-9-19(17-22(20)37-3)24-25-26(29)31-13-15-35(25)27(33-24)21-8-5-6-14-34(21)2/h9-13,15-17,21H,4-8,14H2,1-3H3,(H2,29,31)(H,30,32,36)/t21-/m0/s1. The van der Waals surface area contributed by atoms with Gasteiger partial charge in [0.25, 0.3) is 5.91 Å². The molecule has 1 fully saturated rings. The number of benzene rings is 1. The highest BCUT2D eigenvalue weighted by atomic mass is 16.5. The molecule has 1 aromatic carbocycles. The van der Waals surface area contributed by atoms with Gasteiger partial charge in [0.2, 0.25) is 0 Å². The molecule has 0 radical (unpaired) electrons. The average Bonchev–Trinajstić information content (AvgIpc) is 3.30. The summed E-state index contributed by atoms with van der Waals surface area (Å²) in [6.45, 7) is 3.15. The molecule has 3 N–H and O–H groups in total. The highest BCUT2D eigenvalue weighted by molar-refractivity contribution is 6.06. The lowest BCUT2D eigenvalue weighted by Crippen LogP contribution is -2.30. The summed E-state index contributed by atoms with van der Waals surface area (Å²) in [6, 6.07) is 9.52. The number of methoxy groups -OCH3 is 1. The summed E-state index contributed by atoms with van der Waals surface area (Å²) in [5.41, 5.74) is 10.2. The van der Waals surface area contributed by atoms with Gasteiger partial charge in [-0.05, 0) is 62.7 Å². The third-order valence-corrected chi connectivity index (χ3v) is 7.00. The number of pyridine rings is 1. The summed E-state index contributed by atoms with van der Waals surface area (Å²) in [4.78, 5) is 29.2. The number of anilines is 2. The molecule has 1 aliphatic heterocycles. The number of ether oxygens (including phenoxy) is 1. The van der Waals surface area contributed by atoms with Crippen molar-refractivity contribution in [3.63, 3.8) is 0 Å². The van der Waals surface area contributed by atoms with Crippen molar-refractivity contribution in [2.45, 2.75) is 45.1 Å². The van der Waals surface area contributed by atoms with Crippen LogP contribution in [0, 0.1) is 0 Å². The maximum absolute atomic E-state index is 13.1. The number of imidazole rings is 1. The van der Waals surface area contributed by atoms with Crippen LogP contribution in [0.25, 0.3) is 16.8 Å². The Kier molecular flexibility index (Phi) is 7.05. The molecule has 9 heteroatoms. The smallest absolute Gasteiger partial charge is 0.260 e. The van der Waals surface area contributed by atoms with E-state index >= 15 is 0 Å². The van der Waals surface area contributed by atoms with Crippen LogP contribution in [0.1, 0.15) is 60.4 Å². The van der Waals surface area contributed by atoms with E-state index in [1.807, 2.05) is 34.9 Å². The monoisotopic (exact) mass is 499 g/mol. The van der Waals surface area contributed by atoms with Crippen molar-refractivity contribution in [2.24, 2.45) is 0 Å². The molecule has 1 saturated heterocycles. The van der Waals surface area contributed by atoms with Crippen molar-refractivity contribution >= 4 is 23.1 Å². The van der Waals surface area contributed by atoms with Crippen molar-refractivity contribution in [3.05, 3.63) is 65.9 Å². The SMILES string of the molecule is CCCc1ccnc(NC(=O)c2ccc(-c3nc([C@@H]4CCCCN4C)n4ccnc(N)c34)cc2OC)c1. The van der Waals surface area contributed by atoms with Crippen molar-refractivity contribution in [3.8, 4) is 17.0 Å². The Hall–Kier alpha value is -3.98. The molecule has 0 saturated carbocycles. The first-order valence-electron chi connectivity index (χ1n) is 12.8. The lowest BCUT2D eigenvalue weighted by Gasteiger charge is -2.31. The number of nitrogens with one attached hydrogen (secondary N) is 1. The number of hydrogen-bond acceptors (Lipinski definition) is 7. The third kappa shape index (κ3) is 4.86.